The van der Waals surface area contributed by atoms with Crippen molar-refractivity contribution in [3.8, 4) is 0 Å². The molecule has 0 bridgehead atoms. The molecule has 1 saturated heterocycles. The molecule has 0 saturated carbocycles. The van der Waals surface area contributed by atoms with Crippen LogP contribution in [0.25, 0.3) is 0 Å². The predicted molar refractivity (Wildman–Crippen MR) is 414 cm³/mol. The summed E-state index contributed by atoms with van der Waals surface area (Å²) in [5.41, 5.74) is -0.0791. The van der Waals surface area contributed by atoms with E-state index in [2.05, 4.69) is 16.0 Å². The standard InChI is InChI=1S/C82H133N7O21/c1-15-58(6)76(69(103-13)55-74(97)88-40-23-29-65(88)78(104-14)60(8)67(91)53-59(7)77(98)61-25-17-16-18-26-61)86(10)79(99)63(56(2)3)54-68(92)75(57(4)5)87(11)81(101)110-62-27-19-21-36-82(9,37-33-62)80(100)84-38-22-20-28-64(66(90)30-24-42-105-46-45-102-12)85-71(94)35-43-106-47-49-108-51-52-109-50-48-107-44-39-83-70(93)34-41-89-72(95)31-32-73(89)96/h16-19,25-27,31-32,56-60,62-65,69,75-78,98H,15,20-24,28-30,33-55H2,1-14H3,(H,83,93)(H,84,100)(H,85,94)/b27-19+/t58-,59-,60-,62-,63-,64?,65-,69+,75-,76-,77+,78+,82+/m0/s1. The molecule has 4 rings (SSSR count). The number of ether oxygens (including phenoxy) is 9. The first-order valence-corrected chi connectivity index (χ1v) is 39.8. The Kier molecular flexibility index (Phi) is 44.9. The number of allylic oxidation sites excluding steroid dienone is 1. The van der Waals surface area contributed by atoms with Gasteiger partial charge in [-0.2, -0.15) is 0 Å². The van der Waals surface area contributed by atoms with Gasteiger partial charge in [-0.1, -0.05) is 105 Å². The quantitative estimate of drug-likeness (QED) is 0.0275. The Bertz CT molecular complexity index is 3040. The monoisotopic (exact) mass is 1550 g/mol. The van der Waals surface area contributed by atoms with E-state index in [9.17, 15) is 57.8 Å². The number of aliphatic hydroxyl groups excluding tert-OH is 1. The summed E-state index contributed by atoms with van der Waals surface area (Å²) in [6, 6.07) is 6.60. The second kappa shape index (κ2) is 51.7. The first kappa shape index (κ1) is 95.5. The van der Waals surface area contributed by atoms with E-state index in [1.807, 2.05) is 105 Å². The van der Waals surface area contributed by atoms with Gasteiger partial charge in [-0.15, -0.1) is 0 Å². The minimum atomic E-state index is -0.950. The number of nitrogens with zero attached hydrogens (tertiary/aromatic N) is 4. The van der Waals surface area contributed by atoms with Gasteiger partial charge in [-0.25, -0.2) is 4.79 Å². The fourth-order valence-electron chi connectivity index (χ4n) is 14.5. The summed E-state index contributed by atoms with van der Waals surface area (Å²) in [5, 5.41) is 19.7. The zero-order valence-electron chi connectivity index (χ0n) is 68.3. The van der Waals surface area contributed by atoms with Crippen LogP contribution in [0.4, 0.5) is 4.79 Å². The van der Waals surface area contributed by atoms with Gasteiger partial charge in [0.05, 0.1) is 115 Å². The normalized spacial score (nSPS) is 19.6. The highest BCUT2D eigenvalue weighted by Gasteiger charge is 2.45. The van der Waals surface area contributed by atoms with Crippen LogP contribution < -0.4 is 16.0 Å². The minimum absolute atomic E-state index is 0.00112. The molecular formula is C82H133N7O21. The molecule has 0 radical (unpaired) electrons. The van der Waals surface area contributed by atoms with Gasteiger partial charge in [0, 0.05) is 130 Å². The van der Waals surface area contributed by atoms with Crippen molar-refractivity contribution < 1.29 is 100 Å². The summed E-state index contributed by atoms with van der Waals surface area (Å²) in [6.45, 7) is 21.4. The number of nitrogens with one attached hydrogen (secondary N) is 3. The summed E-state index contributed by atoms with van der Waals surface area (Å²) in [5.74, 6) is -5.13. The molecule has 3 aliphatic rings. The second-order valence-electron chi connectivity index (χ2n) is 30.4. The molecule has 110 heavy (non-hydrogen) atoms. The van der Waals surface area contributed by atoms with E-state index in [1.54, 1.807) is 31.1 Å². The van der Waals surface area contributed by atoms with Crippen molar-refractivity contribution >= 4 is 64.8 Å². The van der Waals surface area contributed by atoms with Crippen molar-refractivity contribution in [3.63, 3.8) is 0 Å². The van der Waals surface area contributed by atoms with Gasteiger partial charge in [-0.3, -0.25) is 52.8 Å². The number of amides is 8. The summed E-state index contributed by atoms with van der Waals surface area (Å²) in [4.78, 5) is 154. The van der Waals surface area contributed by atoms with Crippen LogP contribution in [-0.4, -0.2) is 266 Å². The van der Waals surface area contributed by atoms with E-state index in [-0.39, 0.29) is 155 Å². The van der Waals surface area contributed by atoms with Gasteiger partial charge < -0.3 is 78.4 Å². The van der Waals surface area contributed by atoms with E-state index in [0.29, 0.717) is 130 Å². The topological polar surface area (TPSA) is 340 Å². The number of likely N-dealkylation sites (tertiary alicyclic amines) is 1. The van der Waals surface area contributed by atoms with Gasteiger partial charge in [-0.05, 0) is 99.5 Å². The lowest BCUT2D eigenvalue weighted by Crippen LogP contribution is -2.54. The third-order valence-electron chi connectivity index (χ3n) is 21.5. The molecule has 2 heterocycles. The Balaban J connectivity index is 1.23. The summed E-state index contributed by atoms with van der Waals surface area (Å²) < 4.78 is 51.1. The maximum atomic E-state index is 15.0. The third-order valence-corrected chi connectivity index (χ3v) is 21.5. The summed E-state index contributed by atoms with van der Waals surface area (Å²) in [6.07, 6.45) is 8.34. The summed E-state index contributed by atoms with van der Waals surface area (Å²) >= 11 is 0. The van der Waals surface area contributed by atoms with Crippen LogP contribution in [0.15, 0.2) is 54.6 Å². The third kappa shape index (κ3) is 32.3. The van der Waals surface area contributed by atoms with Crippen molar-refractivity contribution in [3.05, 3.63) is 60.2 Å². The van der Waals surface area contributed by atoms with Gasteiger partial charge in [0.15, 0.2) is 11.6 Å². The van der Waals surface area contributed by atoms with Crippen molar-refractivity contribution in [2.45, 2.75) is 220 Å². The van der Waals surface area contributed by atoms with Crippen molar-refractivity contribution in [1.82, 2.24) is 35.6 Å². The number of Topliss-reactive ketones (excluding diaryl/α,β-unsaturated/α-hetero) is 3. The van der Waals surface area contributed by atoms with E-state index < -0.39 is 77.7 Å². The molecular weight excluding hydrogens is 1420 g/mol. The maximum absolute atomic E-state index is 15.0. The lowest BCUT2D eigenvalue weighted by molar-refractivity contribution is -0.149. The number of methoxy groups -OCH3 is 3. The molecule has 622 valence electrons. The number of likely N-dealkylation sites (N-methyl/N-ethyl adjacent to an activating group) is 2. The largest absolute Gasteiger partial charge is 0.442 e. The smallest absolute Gasteiger partial charge is 0.410 e. The molecule has 8 amide bonds. The number of imide groups is 1. The molecule has 1 unspecified atom stereocenters. The Hall–Kier alpha value is -6.89. The number of ketones is 3. The maximum Gasteiger partial charge on any atom is 0.410 e. The molecule has 1 aromatic rings. The molecule has 28 nitrogen and oxygen atoms in total. The average molecular weight is 1550 g/mol. The fraction of sp³-hybridized carbons (Fsp3) is 0.744. The Morgan fingerprint density at radius 1 is 0.645 bits per heavy atom. The number of benzene rings is 1. The predicted octanol–water partition coefficient (Wildman–Crippen LogP) is 7.74. The number of hydrogen-bond donors (Lipinski definition) is 4. The van der Waals surface area contributed by atoms with Gasteiger partial charge in [0.25, 0.3) is 11.8 Å². The van der Waals surface area contributed by atoms with E-state index in [4.69, 9.17) is 42.6 Å². The van der Waals surface area contributed by atoms with Crippen LogP contribution in [0.1, 0.15) is 183 Å². The number of carbonyl (C=O) groups is 11. The Morgan fingerprint density at radius 2 is 1.28 bits per heavy atom. The molecule has 1 aromatic carbocycles. The van der Waals surface area contributed by atoms with Crippen LogP contribution >= 0.6 is 0 Å². The second-order valence-corrected chi connectivity index (χ2v) is 30.4. The number of aliphatic hydroxyl groups is 1. The number of hydrogen-bond acceptors (Lipinski definition) is 21. The Labute approximate surface area is 653 Å². The molecule has 13 atom stereocenters. The van der Waals surface area contributed by atoms with E-state index >= 15 is 0 Å². The lowest BCUT2D eigenvalue weighted by atomic mass is 9.78. The molecule has 1 aliphatic carbocycles. The molecule has 2 aliphatic heterocycles. The molecule has 1 fully saturated rings. The number of rotatable bonds is 56. The average Bonchev–Trinajstić information content (AvgIpc) is 1.09. The number of unbranched alkanes of at least 4 members (excludes halogenated alkanes) is 1. The van der Waals surface area contributed by atoms with Crippen molar-refractivity contribution in [1.29, 1.82) is 0 Å². The zero-order valence-corrected chi connectivity index (χ0v) is 68.3. The minimum Gasteiger partial charge on any atom is -0.442 e. The molecule has 0 aromatic heterocycles. The SMILES string of the molecule is CC[C@H](C)[C@@H]([C@@H](CC(=O)N1CCC[C@H]1[C@H](OC)[C@@H](C)C(=O)C[C@H](C)[C@@H](O)c1ccccc1)OC)N(C)C(=O)[C@@H](CC(=O)[C@H](C(C)C)N(C)C(=O)O[C@H]1/C=C/CC[C@@](C)(C(=O)NCCCCC(NC(=O)CCOCCOCCOCCOCCNC(=O)CCN2C(=O)C=CC2=O)C(=O)CCCOCCOC)CC1)C(C)C. The van der Waals surface area contributed by atoms with E-state index in [1.165, 1.54) is 31.2 Å². The lowest BCUT2D eigenvalue weighted by Gasteiger charge is -2.41. The highest BCUT2D eigenvalue weighted by molar-refractivity contribution is 6.13. The van der Waals surface area contributed by atoms with Gasteiger partial charge in [0.1, 0.15) is 11.9 Å². The highest BCUT2D eigenvalue weighted by Crippen LogP contribution is 2.36. The van der Waals surface area contributed by atoms with Crippen LogP contribution in [0.3, 0.4) is 0 Å². The van der Waals surface area contributed by atoms with Crippen molar-refractivity contribution in [2.75, 3.05) is 134 Å². The molecule has 4 N–H and O–H groups in total. The van der Waals surface area contributed by atoms with Crippen LogP contribution in [-0.2, 0) is 90.6 Å². The first-order chi connectivity index (χ1) is 52.5. The van der Waals surface area contributed by atoms with Crippen molar-refractivity contribution in [2.24, 2.45) is 40.9 Å². The van der Waals surface area contributed by atoms with Crippen LogP contribution in [0, 0.1) is 40.9 Å². The number of carbonyl (C=O) groups excluding carboxylic acids is 11. The zero-order chi connectivity index (χ0) is 81.3. The Morgan fingerprint density at radius 3 is 1.90 bits per heavy atom. The van der Waals surface area contributed by atoms with Gasteiger partial charge in [0.2, 0.25) is 29.5 Å². The fourth-order valence-corrected chi connectivity index (χ4v) is 14.5. The molecule has 0 spiro atoms. The summed E-state index contributed by atoms with van der Waals surface area (Å²) in [7, 11) is 7.90. The molecule has 28 heteroatoms. The van der Waals surface area contributed by atoms with Gasteiger partial charge >= 0.3 is 6.09 Å². The highest BCUT2D eigenvalue weighted by atomic mass is 16.6. The van der Waals surface area contributed by atoms with Crippen LogP contribution in [0.2, 0.25) is 0 Å². The first-order valence-electron chi connectivity index (χ1n) is 39.8. The van der Waals surface area contributed by atoms with E-state index in [0.717, 1.165) is 10.5 Å². The van der Waals surface area contributed by atoms with Crippen LogP contribution in [0.5, 0.6) is 0 Å².